The van der Waals surface area contributed by atoms with Crippen LogP contribution >= 0.6 is 12.2 Å². The van der Waals surface area contributed by atoms with Gasteiger partial charge in [-0.05, 0) is 19.3 Å². The molecule has 92 valence electrons. The van der Waals surface area contributed by atoms with Gasteiger partial charge < -0.3 is 11.1 Å². The van der Waals surface area contributed by atoms with Gasteiger partial charge in [0.05, 0.1) is 11.0 Å². The number of thiocarbonyl (C=S) groups is 1. The second-order valence-corrected chi connectivity index (χ2v) is 5.03. The maximum atomic E-state index is 12.0. The molecule has 1 amide bonds. The molecule has 0 heterocycles. The number of carbonyl (C=O) groups excluding carboxylic acids is 1. The molecule has 0 aliphatic heterocycles. The first kappa shape index (κ1) is 13.4. The lowest BCUT2D eigenvalue weighted by atomic mass is 9.99. The van der Waals surface area contributed by atoms with E-state index in [4.69, 9.17) is 18.0 Å². The number of nitrogens with one attached hydrogen (secondary N) is 1. The van der Waals surface area contributed by atoms with E-state index in [9.17, 15) is 4.79 Å². The zero-order valence-corrected chi connectivity index (χ0v) is 10.8. The Morgan fingerprint density at radius 2 is 1.94 bits per heavy atom. The number of amides is 1. The standard InChI is InChI=1S/C12H22N2OS/c1-2-10(11(13)16)14-12(15)9-7-5-3-4-6-8-9/h9-10H,2-8H2,1H3,(H2,13,16)(H,14,15). The molecule has 1 atom stereocenters. The second kappa shape index (κ2) is 6.84. The van der Waals surface area contributed by atoms with Crippen LogP contribution < -0.4 is 11.1 Å². The van der Waals surface area contributed by atoms with Crippen LogP contribution in [0.15, 0.2) is 0 Å². The third kappa shape index (κ3) is 4.08. The summed E-state index contributed by atoms with van der Waals surface area (Å²) in [5, 5.41) is 2.96. The number of rotatable bonds is 4. The lowest BCUT2D eigenvalue weighted by Gasteiger charge is -2.20. The van der Waals surface area contributed by atoms with E-state index < -0.39 is 0 Å². The first-order valence-corrected chi connectivity index (χ1v) is 6.65. The van der Waals surface area contributed by atoms with E-state index in [0.717, 1.165) is 19.3 Å². The average molecular weight is 242 g/mol. The molecule has 0 radical (unpaired) electrons. The van der Waals surface area contributed by atoms with Gasteiger partial charge in [0.25, 0.3) is 0 Å². The molecular weight excluding hydrogens is 220 g/mol. The number of hydrogen-bond donors (Lipinski definition) is 2. The molecule has 1 aliphatic rings. The minimum Gasteiger partial charge on any atom is -0.392 e. The number of carbonyl (C=O) groups is 1. The molecule has 0 spiro atoms. The lowest BCUT2D eigenvalue weighted by molar-refractivity contribution is -0.125. The number of hydrogen-bond acceptors (Lipinski definition) is 2. The van der Waals surface area contributed by atoms with Gasteiger partial charge in [0.15, 0.2) is 0 Å². The smallest absolute Gasteiger partial charge is 0.223 e. The van der Waals surface area contributed by atoms with Crippen molar-refractivity contribution in [2.45, 2.75) is 57.9 Å². The third-order valence-corrected chi connectivity index (χ3v) is 3.58. The Labute approximate surface area is 103 Å². The molecule has 3 N–H and O–H groups in total. The molecule has 1 fully saturated rings. The van der Waals surface area contributed by atoms with Crippen LogP contribution in [-0.4, -0.2) is 16.9 Å². The van der Waals surface area contributed by atoms with E-state index in [-0.39, 0.29) is 17.9 Å². The van der Waals surface area contributed by atoms with Gasteiger partial charge >= 0.3 is 0 Å². The molecule has 1 unspecified atom stereocenters. The van der Waals surface area contributed by atoms with Gasteiger partial charge in [0.2, 0.25) is 5.91 Å². The maximum Gasteiger partial charge on any atom is 0.223 e. The SMILES string of the molecule is CCC(NC(=O)C1CCCCCC1)C(N)=S. The quantitative estimate of drug-likeness (QED) is 0.586. The van der Waals surface area contributed by atoms with Crippen molar-refractivity contribution in [2.24, 2.45) is 11.7 Å². The van der Waals surface area contributed by atoms with Crippen LogP contribution in [-0.2, 0) is 4.79 Å². The van der Waals surface area contributed by atoms with Crippen LogP contribution in [0.2, 0.25) is 0 Å². The van der Waals surface area contributed by atoms with E-state index in [1.807, 2.05) is 6.92 Å². The average Bonchev–Trinajstić information content (AvgIpc) is 2.53. The van der Waals surface area contributed by atoms with E-state index >= 15 is 0 Å². The van der Waals surface area contributed by atoms with Crippen molar-refractivity contribution in [2.75, 3.05) is 0 Å². The maximum absolute atomic E-state index is 12.0. The molecule has 1 saturated carbocycles. The molecule has 0 bridgehead atoms. The van der Waals surface area contributed by atoms with Crippen molar-refractivity contribution >= 4 is 23.1 Å². The molecule has 4 heteroatoms. The van der Waals surface area contributed by atoms with E-state index in [1.165, 1.54) is 25.7 Å². The van der Waals surface area contributed by atoms with E-state index in [1.54, 1.807) is 0 Å². The highest BCUT2D eigenvalue weighted by Crippen LogP contribution is 2.23. The highest BCUT2D eigenvalue weighted by molar-refractivity contribution is 7.80. The fourth-order valence-electron chi connectivity index (χ4n) is 2.21. The molecule has 0 aromatic rings. The third-order valence-electron chi connectivity index (χ3n) is 3.29. The largest absolute Gasteiger partial charge is 0.392 e. The Kier molecular flexibility index (Phi) is 5.74. The van der Waals surface area contributed by atoms with Crippen LogP contribution in [0.1, 0.15) is 51.9 Å². The number of nitrogens with two attached hydrogens (primary N) is 1. The molecular formula is C12H22N2OS. The highest BCUT2D eigenvalue weighted by Gasteiger charge is 2.22. The fraction of sp³-hybridized carbons (Fsp3) is 0.833. The van der Waals surface area contributed by atoms with Gasteiger partial charge in [-0.2, -0.15) is 0 Å². The summed E-state index contributed by atoms with van der Waals surface area (Å²) in [5.74, 6) is 0.312. The Hall–Kier alpha value is -0.640. The summed E-state index contributed by atoms with van der Waals surface area (Å²) < 4.78 is 0. The molecule has 0 aromatic carbocycles. The summed E-state index contributed by atoms with van der Waals surface area (Å²) in [6.07, 6.45) is 7.66. The molecule has 0 aromatic heterocycles. The lowest BCUT2D eigenvalue weighted by Crippen LogP contribution is -2.45. The summed E-state index contributed by atoms with van der Waals surface area (Å²) >= 11 is 4.93. The molecule has 16 heavy (non-hydrogen) atoms. The first-order valence-electron chi connectivity index (χ1n) is 6.24. The van der Waals surface area contributed by atoms with E-state index in [0.29, 0.717) is 4.99 Å². The monoisotopic (exact) mass is 242 g/mol. The van der Waals surface area contributed by atoms with Crippen molar-refractivity contribution in [1.29, 1.82) is 0 Å². The van der Waals surface area contributed by atoms with Gasteiger partial charge in [-0.25, -0.2) is 0 Å². The van der Waals surface area contributed by atoms with Crippen LogP contribution in [0, 0.1) is 5.92 Å². The molecule has 1 aliphatic carbocycles. The van der Waals surface area contributed by atoms with Crippen LogP contribution in [0.5, 0.6) is 0 Å². The van der Waals surface area contributed by atoms with Gasteiger partial charge in [0.1, 0.15) is 0 Å². The molecule has 1 rings (SSSR count). The summed E-state index contributed by atoms with van der Waals surface area (Å²) in [7, 11) is 0. The second-order valence-electron chi connectivity index (χ2n) is 4.56. The van der Waals surface area contributed by atoms with Gasteiger partial charge in [-0.3, -0.25) is 4.79 Å². The first-order chi connectivity index (χ1) is 7.65. The Balaban J connectivity index is 2.46. The van der Waals surface area contributed by atoms with Crippen LogP contribution in [0.4, 0.5) is 0 Å². The summed E-state index contributed by atoms with van der Waals surface area (Å²) in [4.78, 5) is 12.4. The fourth-order valence-corrected chi connectivity index (χ4v) is 2.43. The Morgan fingerprint density at radius 1 is 1.38 bits per heavy atom. The zero-order valence-electron chi connectivity index (χ0n) is 10.00. The summed E-state index contributed by atoms with van der Waals surface area (Å²) in [6.45, 7) is 1.98. The minimum absolute atomic E-state index is 0.134. The topological polar surface area (TPSA) is 55.1 Å². The van der Waals surface area contributed by atoms with Crippen molar-refractivity contribution in [3.05, 3.63) is 0 Å². The van der Waals surface area contributed by atoms with Crippen molar-refractivity contribution in [1.82, 2.24) is 5.32 Å². The van der Waals surface area contributed by atoms with E-state index in [2.05, 4.69) is 5.32 Å². The summed E-state index contributed by atoms with van der Waals surface area (Å²) in [5.41, 5.74) is 5.57. The van der Waals surface area contributed by atoms with Gasteiger partial charge in [0, 0.05) is 5.92 Å². The minimum atomic E-state index is -0.134. The molecule has 0 saturated heterocycles. The van der Waals surface area contributed by atoms with Crippen LogP contribution in [0.3, 0.4) is 0 Å². The normalized spacial score (nSPS) is 19.8. The van der Waals surface area contributed by atoms with Crippen molar-refractivity contribution < 1.29 is 4.79 Å². The van der Waals surface area contributed by atoms with Crippen LogP contribution in [0.25, 0.3) is 0 Å². The van der Waals surface area contributed by atoms with Crippen molar-refractivity contribution in [3.63, 3.8) is 0 Å². The Bertz CT molecular complexity index is 247. The Morgan fingerprint density at radius 3 is 2.38 bits per heavy atom. The summed E-state index contributed by atoms with van der Waals surface area (Å²) in [6, 6.07) is -0.134. The molecule has 3 nitrogen and oxygen atoms in total. The predicted molar refractivity (Wildman–Crippen MR) is 70.2 cm³/mol. The highest BCUT2D eigenvalue weighted by atomic mass is 32.1. The van der Waals surface area contributed by atoms with Gasteiger partial charge in [-0.1, -0.05) is 44.8 Å². The van der Waals surface area contributed by atoms with Gasteiger partial charge in [-0.15, -0.1) is 0 Å². The van der Waals surface area contributed by atoms with Crippen molar-refractivity contribution in [3.8, 4) is 0 Å². The zero-order chi connectivity index (χ0) is 12.0. The predicted octanol–water partition coefficient (Wildman–Crippen LogP) is 2.14.